The van der Waals surface area contributed by atoms with Gasteiger partial charge in [-0.25, -0.2) is 0 Å². The minimum atomic E-state index is -2.07. The molecule has 0 spiro atoms. The molecule has 0 aromatic rings. The number of likely N-dealkylation sites (tertiary alicyclic amines) is 1. The fourth-order valence-corrected chi connectivity index (χ4v) is 2.06. The average molecular weight is 190 g/mol. The third-order valence-electron chi connectivity index (χ3n) is 2.09. The topological polar surface area (TPSA) is 60.4 Å². The van der Waals surface area contributed by atoms with Crippen molar-refractivity contribution in [3.05, 3.63) is 0 Å². The van der Waals surface area contributed by atoms with E-state index in [0.717, 1.165) is 32.1 Å². The molecular weight excluding hydrogens is 178 g/mol. The Morgan fingerprint density at radius 2 is 2.33 bits per heavy atom. The van der Waals surface area contributed by atoms with Crippen LogP contribution in [0.5, 0.6) is 0 Å². The van der Waals surface area contributed by atoms with Gasteiger partial charge < -0.3 is 9.35 Å². The zero-order valence-corrected chi connectivity index (χ0v) is 7.59. The van der Waals surface area contributed by atoms with Crippen LogP contribution in [0, 0.1) is 0 Å². The SMILES string of the molecule is O=CC1CCCCN1CS(=O)[O-]. The van der Waals surface area contributed by atoms with Crippen LogP contribution in [0.2, 0.25) is 0 Å². The third kappa shape index (κ3) is 2.66. The molecule has 1 saturated heterocycles. The predicted octanol–water partition coefficient (Wildman–Crippen LogP) is -0.124. The van der Waals surface area contributed by atoms with Crippen LogP contribution in [0.4, 0.5) is 0 Å². The van der Waals surface area contributed by atoms with Crippen molar-refractivity contribution in [1.29, 1.82) is 0 Å². The fraction of sp³-hybridized carbons (Fsp3) is 0.857. The highest BCUT2D eigenvalue weighted by molar-refractivity contribution is 7.79. The summed E-state index contributed by atoms with van der Waals surface area (Å²) in [7, 11) is 0. The van der Waals surface area contributed by atoms with Crippen LogP contribution in [0.1, 0.15) is 19.3 Å². The van der Waals surface area contributed by atoms with Crippen molar-refractivity contribution in [3.63, 3.8) is 0 Å². The molecule has 0 aromatic carbocycles. The molecule has 2 atom stereocenters. The first kappa shape index (κ1) is 9.83. The molecule has 1 aliphatic heterocycles. The monoisotopic (exact) mass is 190 g/mol. The fourth-order valence-electron chi connectivity index (χ4n) is 1.47. The summed E-state index contributed by atoms with van der Waals surface area (Å²) in [6.07, 6.45) is 3.64. The lowest BCUT2D eigenvalue weighted by molar-refractivity contribution is -0.113. The zero-order chi connectivity index (χ0) is 8.97. The molecule has 5 heteroatoms. The van der Waals surface area contributed by atoms with E-state index in [-0.39, 0.29) is 11.9 Å². The number of carbonyl (C=O) groups is 1. The summed E-state index contributed by atoms with van der Waals surface area (Å²) >= 11 is -2.07. The molecule has 0 aromatic heterocycles. The second-order valence-electron chi connectivity index (χ2n) is 2.94. The second-order valence-corrected chi connectivity index (χ2v) is 3.81. The highest BCUT2D eigenvalue weighted by Gasteiger charge is 2.20. The largest absolute Gasteiger partial charge is 0.771 e. The van der Waals surface area contributed by atoms with Crippen molar-refractivity contribution in [2.75, 3.05) is 12.4 Å². The van der Waals surface area contributed by atoms with Gasteiger partial charge in [0.15, 0.2) is 0 Å². The lowest BCUT2D eigenvalue weighted by atomic mass is 10.0. The summed E-state index contributed by atoms with van der Waals surface area (Å²) < 4.78 is 20.7. The molecule has 0 amide bonds. The van der Waals surface area contributed by atoms with Gasteiger partial charge in [0, 0.05) is 0 Å². The minimum Gasteiger partial charge on any atom is -0.771 e. The zero-order valence-electron chi connectivity index (χ0n) is 6.77. The molecule has 1 heterocycles. The van der Waals surface area contributed by atoms with Gasteiger partial charge in [-0.2, -0.15) is 0 Å². The van der Waals surface area contributed by atoms with E-state index in [1.807, 2.05) is 0 Å². The molecule has 1 fully saturated rings. The Morgan fingerprint density at radius 1 is 1.58 bits per heavy atom. The molecule has 1 rings (SSSR count). The number of hydrogen-bond donors (Lipinski definition) is 0. The maximum absolute atomic E-state index is 10.5. The van der Waals surface area contributed by atoms with Crippen LogP contribution in [0.3, 0.4) is 0 Å². The summed E-state index contributed by atoms with van der Waals surface area (Å²) in [5.41, 5.74) is 0. The smallest absolute Gasteiger partial charge is 0.137 e. The normalized spacial score (nSPS) is 28.2. The maximum Gasteiger partial charge on any atom is 0.137 e. The molecule has 0 aliphatic carbocycles. The summed E-state index contributed by atoms with van der Waals surface area (Å²) in [5.74, 6) is -0.0105. The van der Waals surface area contributed by atoms with Crippen LogP contribution in [-0.2, 0) is 15.9 Å². The molecule has 2 unspecified atom stereocenters. The first-order chi connectivity index (χ1) is 5.74. The Morgan fingerprint density at radius 3 is 2.92 bits per heavy atom. The minimum absolute atomic E-state index is 0.0105. The van der Waals surface area contributed by atoms with E-state index in [9.17, 15) is 13.6 Å². The quantitative estimate of drug-likeness (QED) is 0.459. The van der Waals surface area contributed by atoms with Gasteiger partial charge in [0.05, 0.1) is 11.9 Å². The first-order valence-electron chi connectivity index (χ1n) is 3.99. The van der Waals surface area contributed by atoms with Crippen molar-refractivity contribution in [1.82, 2.24) is 4.90 Å². The number of piperidine rings is 1. The highest BCUT2D eigenvalue weighted by atomic mass is 32.2. The van der Waals surface area contributed by atoms with Crippen molar-refractivity contribution in [2.45, 2.75) is 25.3 Å². The predicted molar refractivity (Wildman–Crippen MR) is 44.2 cm³/mol. The van der Waals surface area contributed by atoms with Gasteiger partial charge in [0.1, 0.15) is 6.29 Å². The molecule has 1 aliphatic rings. The Kier molecular flexibility index (Phi) is 3.84. The van der Waals surface area contributed by atoms with Gasteiger partial charge in [-0.15, -0.1) is 0 Å². The van der Waals surface area contributed by atoms with Crippen LogP contribution in [0.25, 0.3) is 0 Å². The van der Waals surface area contributed by atoms with E-state index in [4.69, 9.17) is 0 Å². The molecule has 70 valence electrons. The van der Waals surface area contributed by atoms with E-state index in [2.05, 4.69) is 0 Å². The molecular formula is C7H12NO3S-. The van der Waals surface area contributed by atoms with Crippen LogP contribution in [-0.4, -0.2) is 38.4 Å². The summed E-state index contributed by atoms with van der Waals surface area (Å²) in [6.45, 7) is 0.720. The van der Waals surface area contributed by atoms with Gasteiger partial charge in [-0.1, -0.05) is 6.42 Å². The van der Waals surface area contributed by atoms with E-state index in [1.54, 1.807) is 4.90 Å². The number of rotatable bonds is 3. The average Bonchev–Trinajstić information content (AvgIpc) is 2.04. The van der Waals surface area contributed by atoms with Crippen molar-refractivity contribution in [3.8, 4) is 0 Å². The standard InChI is InChI=1S/C7H13NO3S/c9-5-7-3-1-2-4-8(7)6-12(10)11/h5,7H,1-4,6H2,(H,10,11)/p-1. The summed E-state index contributed by atoms with van der Waals surface area (Å²) in [6, 6.07) is -0.184. The van der Waals surface area contributed by atoms with Gasteiger partial charge in [-0.05, 0) is 30.5 Å². The van der Waals surface area contributed by atoms with Gasteiger partial charge in [0.2, 0.25) is 0 Å². The summed E-state index contributed by atoms with van der Waals surface area (Å²) in [5, 5.41) is 0. The second kappa shape index (κ2) is 4.69. The van der Waals surface area contributed by atoms with E-state index >= 15 is 0 Å². The molecule has 12 heavy (non-hydrogen) atoms. The molecule has 0 N–H and O–H groups in total. The molecule has 4 nitrogen and oxygen atoms in total. The van der Waals surface area contributed by atoms with Crippen molar-refractivity contribution in [2.24, 2.45) is 0 Å². The molecule has 0 radical (unpaired) electrons. The number of hydrogen-bond acceptors (Lipinski definition) is 4. The van der Waals surface area contributed by atoms with Crippen LogP contribution < -0.4 is 0 Å². The Labute approximate surface area is 74.2 Å². The van der Waals surface area contributed by atoms with Gasteiger partial charge in [0.25, 0.3) is 0 Å². The Bertz CT molecular complexity index is 185. The van der Waals surface area contributed by atoms with Gasteiger partial charge >= 0.3 is 0 Å². The lowest BCUT2D eigenvalue weighted by Crippen LogP contribution is -2.42. The number of carbonyl (C=O) groups excluding carboxylic acids is 1. The molecule has 0 bridgehead atoms. The summed E-state index contributed by atoms with van der Waals surface area (Å²) in [4.78, 5) is 12.2. The Hall–Kier alpha value is -0.260. The third-order valence-corrected chi connectivity index (χ3v) is 2.64. The first-order valence-corrected chi connectivity index (χ1v) is 5.23. The maximum atomic E-state index is 10.5. The number of aldehydes is 1. The molecule has 0 saturated carbocycles. The Balaban J connectivity index is 2.46. The van der Waals surface area contributed by atoms with E-state index in [0.29, 0.717) is 0 Å². The van der Waals surface area contributed by atoms with Crippen LogP contribution >= 0.6 is 0 Å². The lowest BCUT2D eigenvalue weighted by Gasteiger charge is -2.32. The van der Waals surface area contributed by atoms with Crippen molar-refractivity contribution >= 4 is 17.4 Å². The van der Waals surface area contributed by atoms with E-state index < -0.39 is 11.1 Å². The highest BCUT2D eigenvalue weighted by Crippen LogP contribution is 2.14. The van der Waals surface area contributed by atoms with Crippen molar-refractivity contribution < 1.29 is 13.6 Å². The van der Waals surface area contributed by atoms with Gasteiger partial charge in [-0.3, -0.25) is 9.11 Å². The number of nitrogens with zero attached hydrogens (tertiary/aromatic N) is 1. The van der Waals surface area contributed by atoms with Crippen LogP contribution in [0.15, 0.2) is 0 Å². The van der Waals surface area contributed by atoms with E-state index in [1.165, 1.54) is 0 Å².